The number of methoxy groups -OCH3 is 2. The van der Waals surface area contributed by atoms with Gasteiger partial charge in [0.15, 0.2) is 18.1 Å². The van der Waals surface area contributed by atoms with Crippen molar-refractivity contribution in [2.75, 3.05) is 27.4 Å². The van der Waals surface area contributed by atoms with Gasteiger partial charge < -0.3 is 14.2 Å². The zero-order valence-corrected chi connectivity index (χ0v) is 20.6. The van der Waals surface area contributed by atoms with Crippen molar-refractivity contribution in [3.05, 3.63) is 89.0 Å². The smallest absolute Gasteiger partial charge is 0.339 e. The number of benzene rings is 3. The molecule has 0 atom stereocenters. The highest BCUT2D eigenvalue weighted by Gasteiger charge is 2.15. The van der Waals surface area contributed by atoms with Crippen LogP contribution >= 0.6 is 0 Å². The van der Waals surface area contributed by atoms with Gasteiger partial charge in [-0.2, -0.15) is 0 Å². The Labute approximate surface area is 206 Å². The molecule has 35 heavy (non-hydrogen) atoms. The summed E-state index contributed by atoms with van der Waals surface area (Å²) >= 11 is 0. The molecule has 0 saturated carbocycles. The highest BCUT2D eigenvalue weighted by Crippen LogP contribution is 2.30. The van der Waals surface area contributed by atoms with Crippen molar-refractivity contribution in [1.82, 2.24) is 4.72 Å². The second kappa shape index (κ2) is 12.1. The molecule has 0 saturated heterocycles. The molecular formula is C27H27NO6S. The van der Waals surface area contributed by atoms with Gasteiger partial charge in [0.05, 0.1) is 24.7 Å². The Bertz CT molecular complexity index is 1320. The summed E-state index contributed by atoms with van der Waals surface area (Å²) in [6, 6.07) is 18.8. The number of hydrogen-bond donors (Lipinski definition) is 1. The molecule has 0 unspecified atom stereocenters. The first-order chi connectivity index (χ1) is 16.8. The normalized spacial score (nSPS) is 10.7. The fourth-order valence-electron chi connectivity index (χ4n) is 3.26. The number of aryl methyl sites for hydroxylation is 1. The number of rotatable bonds is 9. The van der Waals surface area contributed by atoms with Gasteiger partial charge in [-0.25, -0.2) is 17.9 Å². The van der Waals surface area contributed by atoms with E-state index in [9.17, 15) is 13.2 Å². The average Bonchev–Trinajstić information content (AvgIpc) is 2.87. The maximum atomic E-state index is 12.6. The predicted octanol–water partition coefficient (Wildman–Crippen LogP) is 3.74. The number of hydrogen-bond acceptors (Lipinski definition) is 6. The van der Waals surface area contributed by atoms with Crippen molar-refractivity contribution in [3.63, 3.8) is 0 Å². The number of ether oxygens (including phenoxy) is 3. The van der Waals surface area contributed by atoms with Crippen LogP contribution in [0.2, 0.25) is 0 Å². The monoisotopic (exact) mass is 493 g/mol. The first-order valence-corrected chi connectivity index (χ1v) is 12.3. The van der Waals surface area contributed by atoms with Crippen LogP contribution in [0.5, 0.6) is 11.5 Å². The van der Waals surface area contributed by atoms with E-state index in [1.165, 1.54) is 14.2 Å². The van der Waals surface area contributed by atoms with Crippen molar-refractivity contribution in [1.29, 1.82) is 0 Å². The molecule has 0 bridgehead atoms. The molecule has 7 nitrogen and oxygen atoms in total. The zero-order chi connectivity index (χ0) is 25.3. The molecule has 3 aromatic carbocycles. The molecule has 0 aliphatic rings. The number of nitrogens with one attached hydrogen (secondary N) is 1. The lowest BCUT2D eigenvalue weighted by Crippen LogP contribution is -2.26. The van der Waals surface area contributed by atoms with Crippen LogP contribution in [0, 0.1) is 18.8 Å². The van der Waals surface area contributed by atoms with Crippen molar-refractivity contribution >= 4 is 16.0 Å². The van der Waals surface area contributed by atoms with E-state index in [-0.39, 0.29) is 18.0 Å². The van der Waals surface area contributed by atoms with Crippen LogP contribution in [-0.2, 0) is 21.2 Å². The summed E-state index contributed by atoms with van der Waals surface area (Å²) < 4.78 is 43.8. The van der Waals surface area contributed by atoms with Crippen LogP contribution in [0.25, 0.3) is 0 Å². The van der Waals surface area contributed by atoms with E-state index in [0.717, 1.165) is 11.1 Å². The minimum Gasteiger partial charge on any atom is -0.493 e. The van der Waals surface area contributed by atoms with Gasteiger partial charge in [-0.15, -0.1) is 0 Å². The van der Waals surface area contributed by atoms with Gasteiger partial charge in [-0.3, -0.25) is 0 Å². The molecule has 0 fully saturated rings. The van der Waals surface area contributed by atoms with Crippen LogP contribution in [0.3, 0.4) is 0 Å². The number of sulfonamides is 1. The highest BCUT2D eigenvalue weighted by atomic mass is 32.2. The maximum absolute atomic E-state index is 12.6. The predicted molar refractivity (Wildman–Crippen MR) is 133 cm³/mol. The van der Waals surface area contributed by atoms with Crippen LogP contribution in [0.1, 0.15) is 27.0 Å². The summed E-state index contributed by atoms with van der Waals surface area (Å²) in [5.74, 6) is 6.37. The van der Waals surface area contributed by atoms with Crippen molar-refractivity contribution < 1.29 is 27.4 Å². The Morgan fingerprint density at radius 2 is 1.60 bits per heavy atom. The number of carbonyl (C=O) groups is 1. The minimum atomic E-state index is -3.64. The Morgan fingerprint density at radius 3 is 2.26 bits per heavy atom. The van der Waals surface area contributed by atoms with Crippen LogP contribution in [0.15, 0.2) is 71.6 Å². The minimum absolute atomic E-state index is 0.0957. The second-order valence-electron chi connectivity index (χ2n) is 7.57. The third-order valence-electron chi connectivity index (χ3n) is 5.14. The molecule has 1 N–H and O–H groups in total. The standard InChI is InChI=1S/C27H27NO6S/c1-20-11-13-24(14-12-20)35(30,31)28-16-15-23-19-26(33-3)25(32-2)18-22(23)10-7-17-34-27(29)21-8-5-4-6-9-21/h4-6,8-9,11-14,18-19,28H,15-17H2,1-3H3. The van der Waals surface area contributed by atoms with E-state index < -0.39 is 16.0 Å². The molecule has 0 amide bonds. The van der Waals surface area contributed by atoms with Crippen LogP contribution in [-0.4, -0.2) is 41.8 Å². The van der Waals surface area contributed by atoms with Crippen molar-refractivity contribution in [2.45, 2.75) is 18.2 Å². The fourth-order valence-corrected chi connectivity index (χ4v) is 4.29. The zero-order valence-electron chi connectivity index (χ0n) is 19.8. The Hall–Kier alpha value is -3.80. The molecule has 3 aromatic rings. The summed E-state index contributed by atoms with van der Waals surface area (Å²) in [7, 11) is -0.601. The Morgan fingerprint density at radius 1 is 0.943 bits per heavy atom. The summed E-state index contributed by atoms with van der Waals surface area (Å²) in [5.41, 5.74) is 2.80. The summed E-state index contributed by atoms with van der Waals surface area (Å²) in [4.78, 5) is 12.3. The third-order valence-corrected chi connectivity index (χ3v) is 6.61. The molecule has 3 rings (SSSR count). The van der Waals surface area contributed by atoms with E-state index in [1.807, 2.05) is 13.0 Å². The second-order valence-corrected chi connectivity index (χ2v) is 9.34. The van der Waals surface area contributed by atoms with Gasteiger partial charge in [0.2, 0.25) is 10.0 Å². The van der Waals surface area contributed by atoms with Crippen LogP contribution < -0.4 is 14.2 Å². The quantitative estimate of drug-likeness (QED) is 0.361. The molecule has 0 spiro atoms. The summed E-state index contributed by atoms with van der Waals surface area (Å²) in [5, 5.41) is 0. The topological polar surface area (TPSA) is 90.9 Å². The van der Waals surface area contributed by atoms with E-state index >= 15 is 0 Å². The van der Waals surface area contributed by atoms with E-state index in [2.05, 4.69) is 16.6 Å². The number of carbonyl (C=O) groups excluding carboxylic acids is 1. The largest absolute Gasteiger partial charge is 0.493 e. The summed E-state index contributed by atoms with van der Waals surface area (Å²) in [6.07, 6.45) is 0.360. The van der Waals surface area contributed by atoms with Gasteiger partial charge in [0.1, 0.15) is 0 Å². The SMILES string of the molecule is COc1cc(C#CCOC(=O)c2ccccc2)c(CCNS(=O)(=O)c2ccc(C)cc2)cc1OC. The van der Waals surface area contributed by atoms with E-state index in [0.29, 0.717) is 29.0 Å². The lowest BCUT2D eigenvalue weighted by Gasteiger charge is -2.13. The molecule has 0 aromatic heterocycles. The molecular weight excluding hydrogens is 466 g/mol. The van der Waals surface area contributed by atoms with Gasteiger partial charge >= 0.3 is 5.97 Å². The number of esters is 1. The Balaban J connectivity index is 1.72. The van der Waals surface area contributed by atoms with Crippen LogP contribution in [0.4, 0.5) is 0 Å². The molecule has 182 valence electrons. The van der Waals surface area contributed by atoms with E-state index in [1.54, 1.807) is 60.7 Å². The third kappa shape index (κ3) is 7.09. The summed E-state index contributed by atoms with van der Waals surface area (Å²) in [6.45, 7) is 1.96. The first-order valence-electron chi connectivity index (χ1n) is 10.9. The molecule has 0 radical (unpaired) electrons. The van der Waals surface area contributed by atoms with E-state index in [4.69, 9.17) is 14.2 Å². The molecule has 8 heteroatoms. The van der Waals surface area contributed by atoms with Gasteiger partial charge in [0, 0.05) is 12.1 Å². The first kappa shape index (κ1) is 25.8. The molecule has 0 aliphatic heterocycles. The lowest BCUT2D eigenvalue weighted by atomic mass is 10.0. The van der Waals surface area contributed by atoms with Gasteiger partial charge in [0.25, 0.3) is 0 Å². The highest BCUT2D eigenvalue weighted by molar-refractivity contribution is 7.89. The maximum Gasteiger partial charge on any atom is 0.339 e. The van der Waals surface area contributed by atoms with Gasteiger partial charge in [-0.1, -0.05) is 47.7 Å². The molecule has 0 aliphatic carbocycles. The lowest BCUT2D eigenvalue weighted by molar-refractivity contribution is 0.0556. The van der Waals surface area contributed by atoms with Gasteiger partial charge in [-0.05, 0) is 55.3 Å². The molecule has 0 heterocycles. The average molecular weight is 494 g/mol. The Kier molecular flexibility index (Phi) is 8.90. The van der Waals surface area contributed by atoms with Crippen molar-refractivity contribution in [2.24, 2.45) is 0 Å². The van der Waals surface area contributed by atoms with Crippen molar-refractivity contribution in [3.8, 4) is 23.3 Å². The fraction of sp³-hybridized carbons (Fsp3) is 0.222.